The van der Waals surface area contributed by atoms with E-state index in [1.807, 2.05) is 0 Å². The van der Waals surface area contributed by atoms with Gasteiger partial charge in [-0.15, -0.1) is 0 Å². The summed E-state index contributed by atoms with van der Waals surface area (Å²) in [5, 5.41) is 0. The number of fused-ring (bicyclic) bond motifs is 1. The average Bonchev–Trinajstić information content (AvgIpc) is 2.73. The van der Waals surface area contributed by atoms with Crippen LogP contribution in [0.1, 0.15) is 15.9 Å². The minimum absolute atomic E-state index is 0.222. The lowest BCUT2D eigenvalue weighted by Crippen LogP contribution is -2.28. The molecule has 94 valence electrons. The standard InChI is InChI=1S/C13H12O5/c1-17-8-3-4-9-7(5-8)6-10(11(9)14)12(15)13(16)18-2/h3-5,10H,6H2,1-2H3. The van der Waals surface area contributed by atoms with Gasteiger partial charge in [-0.3, -0.25) is 9.59 Å². The van der Waals surface area contributed by atoms with Gasteiger partial charge in [0.1, 0.15) is 5.75 Å². The van der Waals surface area contributed by atoms with Crippen LogP contribution < -0.4 is 4.74 Å². The molecular formula is C13H12O5. The monoisotopic (exact) mass is 248 g/mol. The molecule has 0 saturated heterocycles. The van der Waals surface area contributed by atoms with Crippen molar-refractivity contribution in [3.05, 3.63) is 29.3 Å². The number of ether oxygens (including phenoxy) is 2. The van der Waals surface area contributed by atoms with E-state index in [0.717, 1.165) is 12.7 Å². The average molecular weight is 248 g/mol. The van der Waals surface area contributed by atoms with Crippen LogP contribution in [0.15, 0.2) is 18.2 Å². The van der Waals surface area contributed by atoms with E-state index in [9.17, 15) is 14.4 Å². The van der Waals surface area contributed by atoms with Gasteiger partial charge in [0.05, 0.1) is 20.1 Å². The topological polar surface area (TPSA) is 69.7 Å². The first-order valence-corrected chi connectivity index (χ1v) is 5.41. The Morgan fingerprint density at radius 1 is 1.28 bits per heavy atom. The Balaban J connectivity index is 2.30. The van der Waals surface area contributed by atoms with E-state index in [-0.39, 0.29) is 12.2 Å². The number of methoxy groups -OCH3 is 2. The van der Waals surface area contributed by atoms with E-state index < -0.39 is 17.7 Å². The van der Waals surface area contributed by atoms with E-state index in [4.69, 9.17) is 4.74 Å². The first-order valence-electron chi connectivity index (χ1n) is 5.41. The molecule has 0 radical (unpaired) electrons. The van der Waals surface area contributed by atoms with Crippen LogP contribution in [0.5, 0.6) is 5.75 Å². The first-order chi connectivity index (χ1) is 8.58. The molecule has 1 aromatic carbocycles. The number of ketones is 2. The lowest BCUT2D eigenvalue weighted by atomic mass is 10.00. The fourth-order valence-electron chi connectivity index (χ4n) is 2.06. The van der Waals surface area contributed by atoms with Crippen LogP contribution in [-0.4, -0.2) is 31.8 Å². The Morgan fingerprint density at radius 3 is 2.61 bits per heavy atom. The van der Waals surface area contributed by atoms with Gasteiger partial charge in [0, 0.05) is 5.56 Å². The smallest absolute Gasteiger partial charge is 0.375 e. The van der Waals surface area contributed by atoms with Crippen molar-refractivity contribution in [2.75, 3.05) is 14.2 Å². The van der Waals surface area contributed by atoms with Crippen molar-refractivity contribution >= 4 is 17.5 Å². The number of hydrogen-bond donors (Lipinski definition) is 0. The maximum absolute atomic E-state index is 12.0. The van der Waals surface area contributed by atoms with Crippen LogP contribution in [0, 0.1) is 5.92 Å². The molecule has 0 spiro atoms. The van der Waals surface area contributed by atoms with Crippen LogP contribution in [-0.2, 0) is 20.7 Å². The van der Waals surface area contributed by atoms with E-state index in [0.29, 0.717) is 11.3 Å². The van der Waals surface area contributed by atoms with Gasteiger partial charge >= 0.3 is 5.97 Å². The van der Waals surface area contributed by atoms with E-state index in [2.05, 4.69) is 4.74 Å². The predicted molar refractivity (Wildman–Crippen MR) is 61.5 cm³/mol. The highest BCUT2D eigenvalue weighted by Gasteiger charge is 2.39. The number of esters is 1. The highest BCUT2D eigenvalue weighted by molar-refractivity contribution is 6.40. The van der Waals surface area contributed by atoms with Crippen LogP contribution >= 0.6 is 0 Å². The molecule has 18 heavy (non-hydrogen) atoms. The van der Waals surface area contributed by atoms with E-state index in [1.165, 1.54) is 7.11 Å². The van der Waals surface area contributed by atoms with Crippen LogP contribution in [0.4, 0.5) is 0 Å². The van der Waals surface area contributed by atoms with Crippen molar-refractivity contribution < 1.29 is 23.9 Å². The van der Waals surface area contributed by atoms with Gasteiger partial charge < -0.3 is 9.47 Å². The Hall–Kier alpha value is -2.17. The molecule has 1 atom stereocenters. The van der Waals surface area contributed by atoms with Crippen molar-refractivity contribution in [1.29, 1.82) is 0 Å². The van der Waals surface area contributed by atoms with Gasteiger partial charge in [0.15, 0.2) is 5.78 Å². The van der Waals surface area contributed by atoms with Crippen LogP contribution in [0.3, 0.4) is 0 Å². The van der Waals surface area contributed by atoms with Crippen molar-refractivity contribution in [1.82, 2.24) is 0 Å². The summed E-state index contributed by atoms with van der Waals surface area (Å²) in [5.74, 6) is -2.44. The summed E-state index contributed by atoms with van der Waals surface area (Å²) in [6, 6.07) is 4.97. The fourth-order valence-corrected chi connectivity index (χ4v) is 2.06. The minimum Gasteiger partial charge on any atom is -0.497 e. The molecular weight excluding hydrogens is 236 g/mol. The maximum atomic E-state index is 12.0. The predicted octanol–water partition coefficient (Wildman–Crippen LogP) is 0.792. The lowest BCUT2D eigenvalue weighted by molar-refractivity contribution is -0.152. The molecule has 1 aliphatic rings. The molecule has 2 rings (SSSR count). The van der Waals surface area contributed by atoms with Gasteiger partial charge in [0.2, 0.25) is 0 Å². The number of rotatable bonds is 3. The third-order valence-electron chi connectivity index (χ3n) is 3.02. The summed E-state index contributed by atoms with van der Waals surface area (Å²) in [5.41, 5.74) is 1.19. The van der Waals surface area contributed by atoms with Crippen LogP contribution in [0.25, 0.3) is 0 Å². The third kappa shape index (κ3) is 1.88. The molecule has 0 N–H and O–H groups in total. The molecule has 1 unspecified atom stereocenters. The number of carbonyl (C=O) groups excluding carboxylic acids is 3. The van der Waals surface area contributed by atoms with Gasteiger partial charge in [-0.1, -0.05) is 0 Å². The second-order valence-electron chi connectivity index (χ2n) is 4.00. The maximum Gasteiger partial charge on any atom is 0.375 e. The zero-order valence-electron chi connectivity index (χ0n) is 10.1. The molecule has 5 nitrogen and oxygen atoms in total. The zero-order valence-corrected chi connectivity index (χ0v) is 10.1. The zero-order chi connectivity index (χ0) is 13.3. The largest absolute Gasteiger partial charge is 0.497 e. The summed E-state index contributed by atoms with van der Waals surface area (Å²) < 4.78 is 9.40. The highest BCUT2D eigenvalue weighted by atomic mass is 16.5. The van der Waals surface area contributed by atoms with Gasteiger partial charge in [-0.05, 0) is 30.2 Å². The van der Waals surface area contributed by atoms with E-state index >= 15 is 0 Å². The van der Waals surface area contributed by atoms with Gasteiger partial charge in [0.25, 0.3) is 5.78 Å². The third-order valence-corrected chi connectivity index (χ3v) is 3.02. The van der Waals surface area contributed by atoms with Gasteiger partial charge in [-0.25, -0.2) is 4.79 Å². The van der Waals surface area contributed by atoms with E-state index in [1.54, 1.807) is 18.2 Å². The minimum atomic E-state index is -0.979. The lowest BCUT2D eigenvalue weighted by Gasteiger charge is -2.03. The molecule has 0 amide bonds. The van der Waals surface area contributed by atoms with Crippen molar-refractivity contribution in [2.45, 2.75) is 6.42 Å². The number of hydrogen-bond acceptors (Lipinski definition) is 5. The fraction of sp³-hybridized carbons (Fsp3) is 0.308. The molecule has 0 bridgehead atoms. The Kier molecular flexibility index (Phi) is 3.14. The SMILES string of the molecule is COC(=O)C(=O)C1Cc2cc(OC)ccc2C1=O. The molecule has 1 aliphatic carbocycles. The van der Waals surface area contributed by atoms with Crippen LogP contribution in [0.2, 0.25) is 0 Å². The number of Topliss-reactive ketones (excluding diaryl/α,β-unsaturated/α-hetero) is 2. The second kappa shape index (κ2) is 4.60. The summed E-state index contributed by atoms with van der Waals surface area (Å²) in [6.45, 7) is 0. The summed E-state index contributed by atoms with van der Waals surface area (Å²) in [7, 11) is 2.64. The van der Waals surface area contributed by atoms with Gasteiger partial charge in [-0.2, -0.15) is 0 Å². The molecule has 0 heterocycles. The quantitative estimate of drug-likeness (QED) is 0.449. The molecule has 5 heteroatoms. The molecule has 0 saturated carbocycles. The molecule has 0 aliphatic heterocycles. The number of benzene rings is 1. The Labute approximate surface area is 104 Å². The highest BCUT2D eigenvalue weighted by Crippen LogP contribution is 2.30. The molecule has 0 fully saturated rings. The Bertz CT molecular complexity index is 532. The first kappa shape index (κ1) is 12.3. The summed E-state index contributed by atoms with van der Waals surface area (Å²) >= 11 is 0. The molecule has 0 aromatic heterocycles. The van der Waals surface area contributed by atoms with Crippen molar-refractivity contribution in [3.8, 4) is 5.75 Å². The molecule has 1 aromatic rings. The van der Waals surface area contributed by atoms with Crippen molar-refractivity contribution in [3.63, 3.8) is 0 Å². The second-order valence-corrected chi connectivity index (χ2v) is 4.00. The summed E-state index contributed by atoms with van der Waals surface area (Å²) in [4.78, 5) is 34.8. The summed E-state index contributed by atoms with van der Waals surface area (Å²) in [6.07, 6.45) is 0.222. The van der Waals surface area contributed by atoms with Crippen molar-refractivity contribution in [2.24, 2.45) is 5.92 Å². The normalized spacial score (nSPS) is 17.2. The number of carbonyl (C=O) groups is 3. The Morgan fingerprint density at radius 2 is 2.00 bits per heavy atom.